The molecule has 1 amide bonds. The number of rotatable bonds is 6. The molecule has 2 aliphatic heterocycles. The van der Waals surface area contributed by atoms with Crippen LogP contribution in [0.3, 0.4) is 0 Å². The summed E-state index contributed by atoms with van der Waals surface area (Å²) in [4.78, 5) is 20.6. The maximum atomic E-state index is 13.4. The Morgan fingerprint density at radius 3 is 2.13 bits per heavy atom. The van der Waals surface area contributed by atoms with E-state index < -0.39 is 0 Å². The number of piperazine rings is 1. The van der Waals surface area contributed by atoms with Crippen LogP contribution in [0.2, 0.25) is 0 Å². The second-order valence-corrected chi connectivity index (χ2v) is 8.86. The molecule has 0 spiro atoms. The van der Waals surface area contributed by atoms with Gasteiger partial charge in [0.05, 0.1) is 5.56 Å². The van der Waals surface area contributed by atoms with Crippen molar-refractivity contribution in [1.82, 2.24) is 19.3 Å². The summed E-state index contributed by atoms with van der Waals surface area (Å²) in [6.45, 7) is 9.16. The fourth-order valence-electron chi connectivity index (χ4n) is 4.96. The fraction of sp³-hybridized carbons (Fsp3) is 0.423. The van der Waals surface area contributed by atoms with Gasteiger partial charge in [0, 0.05) is 62.9 Å². The minimum Gasteiger partial charge on any atom is -0.342 e. The summed E-state index contributed by atoms with van der Waals surface area (Å²) in [6.07, 6.45) is 4.75. The van der Waals surface area contributed by atoms with Crippen LogP contribution in [0.1, 0.15) is 28.8 Å². The lowest BCUT2D eigenvalue weighted by Crippen LogP contribution is -2.50. The van der Waals surface area contributed by atoms with Gasteiger partial charge in [-0.15, -0.1) is 0 Å². The predicted molar refractivity (Wildman–Crippen MR) is 125 cm³/mol. The van der Waals surface area contributed by atoms with Crippen LogP contribution in [-0.2, 0) is 6.54 Å². The van der Waals surface area contributed by atoms with E-state index in [4.69, 9.17) is 0 Å². The highest BCUT2D eigenvalue weighted by Gasteiger charge is 2.25. The Morgan fingerprint density at radius 1 is 0.742 bits per heavy atom. The number of nitrogens with zero attached hydrogens (tertiary/aromatic N) is 4. The Balaban J connectivity index is 1.27. The van der Waals surface area contributed by atoms with Crippen molar-refractivity contribution >= 4 is 16.8 Å². The molecule has 3 heterocycles. The molecule has 1 aromatic heterocycles. The summed E-state index contributed by atoms with van der Waals surface area (Å²) in [5.41, 5.74) is 3.20. The van der Waals surface area contributed by atoms with Gasteiger partial charge in [0.25, 0.3) is 5.91 Å². The normalized spacial score (nSPS) is 18.1. The summed E-state index contributed by atoms with van der Waals surface area (Å²) < 4.78 is 2.21. The van der Waals surface area contributed by atoms with Crippen LogP contribution in [0.25, 0.3) is 10.9 Å². The zero-order valence-corrected chi connectivity index (χ0v) is 18.2. The highest BCUT2D eigenvalue weighted by molar-refractivity contribution is 6.07. The number of amides is 1. The van der Waals surface area contributed by atoms with Gasteiger partial charge in [0.1, 0.15) is 0 Å². The molecule has 5 nitrogen and oxygen atoms in total. The average molecular weight is 417 g/mol. The smallest absolute Gasteiger partial charge is 0.256 e. The third-order valence-electron chi connectivity index (χ3n) is 6.81. The quantitative estimate of drug-likeness (QED) is 0.616. The first-order chi connectivity index (χ1) is 15.3. The van der Waals surface area contributed by atoms with Crippen LogP contribution in [0, 0.1) is 0 Å². The van der Waals surface area contributed by atoms with E-state index in [9.17, 15) is 4.79 Å². The van der Waals surface area contributed by atoms with E-state index in [0.29, 0.717) is 0 Å². The molecule has 0 saturated carbocycles. The molecule has 2 aromatic carbocycles. The number of carbonyl (C=O) groups excluding carboxylic acids is 1. The molecule has 162 valence electrons. The highest BCUT2D eigenvalue weighted by Crippen LogP contribution is 2.24. The molecule has 2 fully saturated rings. The van der Waals surface area contributed by atoms with Crippen molar-refractivity contribution in [3.05, 3.63) is 71.9 Å². The standard InChI is InChI=1S/C26H32N4O/c31-26(29-18-16-28(17-19-29)15-14-27-12-6-7-13-27)24-21-30(20-22-8-2-1-3-9-22)25-11-5-4-10-23(24)25/h1-5,8-11,21H,6-7,12-20H2. The van der Waals surface area contributed by atoms with E-state index in [0.717, 1.165) is 55.7 Å². The molecule has 0 unspecified atom stereocenters. The molecule has 0 radical (unpaired) electrons. The van der Waals surface area contributed by atoms with Gasteiger partial charge in [-0.05, 0) is 37.6 Å². The van der Waals surface area contributed by atoms with Crippen molar-refractivity contribution in [3.63, 3.8) is 0 Å². The van der Waals surface area contributed by atoms with Crippen molar-refractivity contribution in [2.45, 2.75) is 19.4 Å². The number of hydrogen-bond donors (Lipinski definition) is 0. The summed E-state index contributed by atoms with van der Waals surface area (Å²) in [5, 5.41) is 1.06. The van der Waals surface area contributed by atoms with Crippen molar-refractivity contribution in [2.24, 2.45) is 0 Å². The zero-order valence-electron chi connectivity index (χ0n) is 18.2. The highest BCUT2D eigenvalue weighted by atomic mass is 16.2. The first kappa shape index (κ1) is 20.3. The van der Waals surface area contributed by atoms with Crippen LogP contribution >= 0.6 is 0 Å². The Hall–Kier alpha value is -2.63. The van der Waals surface area contributed by atoms with Crippen LogP contribution in [0.4, 0.5) is 0 Å². The molecular formula is C26H32N4O. The van der Waals surface area contributed by atoms with E-state index in [2.05, 4.69) is 63.0 Å². The van der Waals surface area contributed by atoms with Crippen molar-refractivity contribution in [1.29, 1.82) is 0 Å². The van der Waals surface area contributed by atoms with Crippen LogP contribution < -0.4 is 0 Å². The number of para-hydroxylation sites is 1. The first-order valence-electron chi connectivity index (χ1n) is 11.6. The van der Waals surface area contributed by atoms with E-state index in [-0.39, 0.29) is 5.91 Å². The van der Waals surface area contributed by atoms with Gasteiger partial charge in [0.15, 0.2) is 0 Å². The van der Waals surface area contributed by atoms with Crippen LogP contribution in [0.5, 0.6) is 0 Å². The van der Waals surface area contributed by atoms with Gasteiger partial charge < -0.3 is 14.4 Å². The lowest BCUT2D eigenvalue weighted by atomic mass is 10.1. The number of likely N-dealkylation sites (tertiary alicyclic amines) is 1. The second kappa shape index (κ2) is 9.25. The van der Waals surface area contributed by atoms with Gasteiger partial charge in [0.2, 0.25) is 0 Å². The lowest BCUT2D eigenvalue weighted by molar-refractivity contribution is 0.0628. The molecule has 0 aliphatic carbocycles. The van der Waals surface area contributed by atoms with Crippen LogP contribution in [-0.4, -0.2) is 77.5 Å². The van der Waals surface area contributed by atoms with E-state index in [1.807, 2.05) is 17.0 Å². The Bertz CT molecular complexity index is 1010. The molecule has 3 aromatic rings. The van der Waals surface area contributed by atoms with Gasteiger partial charge in [-0.25, -0.2) is 0 Å². The van der Waals surface area contributed by atoms with E-state index in [1.165, 1.54) is 38.0 Å². The molecule has 0 atom stereocenters. The topological polar surface area (TPSA) is 31.7 Å². The summed E-state index contributed by atoms with van der Waals surface area (Å²) in [7, 11) is 0. The number of carbonyl (C=O) groups is 1. The molecule has 0 bridgehead atoms. The molecule has 2 aliphatic rings. The van der Waals surface area contributed by atoms with Gasteiger partial charge >= 0.3 is 0 Å². The monoisotopic (exact) mass is 416 g/mol. The average Bonchev–Trinajstić information content (AvgIpc) is 3.47. The third kappa shape index (κ3) is 4.53. The fourth-order valence-corrected chi connectivity index (χ4v) is 4.96. The molecule has 31 heavy (non-hydrogen) atoms. The van der Waals surface area contributed by atoms with Crippen LogP contribution in [0.15, 0.2) is 60.8 Å². The summed E-state index contributed by atoms with van der Waals surface area (Å²) >= 11 is 0. The Kier molecular flexibility index (Phi) is 6.05. The number of hydrogen-bond acceptors (Lipinski definition) is 3. The SMILES string of the molecule is O=C(c1cn(Cc2ccccc2)c2ccccc12)N1CCN(CCN2CCCC2)CC1. The predicted octanol–water partition coefficient (Wildman–Crippen LogP) is 3.54. The Labute approximate surface area is 184 Å². The first-order valence-corrected chi connectivity index (χ1v) is 11.6. The zero-order chi connectivity index (χ0) is 21.0. The third-order valence-corrected chi connectivity index (χ3v) is 6.81. The second-order valence-electron chi connectivity index (χ2n) is 8.86. The van der Waals surface area contributed by atoms with E-state index in [1.54, 1.807) is 0 Å². The van der Waals surface area contributed by atoms with E-state index >= 15 is 0 Å². The minimum absolute atomic E-state index is 0.169. The minimum atomic E-state index is 0.169. The van der Waals surface area contributed by atoms with Gasteiger partial charge in [-0.2, -0.15) is 0 Å². The van der Waals surface area contributed by atoms with Crippen molar-refractivity contribution < 1.29 is 4.79 Å². The van der Waals surface area contributed by atoms with Crippen molar-refractivity contribution in [3.8, 4) is 0 Å². The molecule has 0 N–H and O–H groups in total. The van der Waals surface area contributed by atoms with Gasteiger partial charge in [-0.1, -0.05) is 48.5 Å². The van der Waals surface area contributed by atoms with Gasteiger partial charge in [-0.3, -0.25) is 9.69 Å². The maximum Gasteiger partial charge on any atom is 0.256 e. The Morgan fingerprint density at radius 2 is 1.39 bits per heavy atom. The number of benzene rings is 2. The molecule has 2 saturated heterocycles. The lowest BCUT2D eigenvalue weighted by Gasteiger charge is -2.35. The molecular weight excluding hydrogens is 384 g/mol. The summed E-state index contributed by atoms with van der Waals surface area (Å²) in [5.74, 6) is 0.169. The number of fused-ring (bicyclic) bond motifs is 1. The summed E-state index contributed by atoms with van der Waals surface area (Å²) in [6, 6.07) is 18.7. The number of aromatic nitrogens is 1. The maximum absolute atomic E-state index is 13.4. The molecule has 5 rings (SSSR count). The largest absolute Gasteiger partial charge is 0.342 e. The van der Waals surface area contributed by atoms with Crippen molar-refractivity contribution in [2.75, 3.05) is 52.4 Å². The molecule has 5 heteroatoms.